The standard InChI is InChI=1S/C24H26ClN3O/c1-3-22(19-9-8-17-6-4-5-7-18(17)13-19)28-24(29)20(14-26)15-27-23-11-10-21(25)12-16(23)2/h8-13,15,22,27H,3-7H2,1-2H3,(H,28,29)/b20-15-. The van der Waals surface area contributed by atoms with E-state index >= 15 is 0 Å². The van der Waals surface area contributed by atoms with Gasteiger partial charge in [-0.05, 0) is 79.5 Å². The quantitative estimate of drug-likeness (QED) is 0.482. The number of hydrogen-bond donors (Lipinski definition) is 2. The van der Waals surface area contributed by atoms with Crippen molar-refractivity contribution in [2.45, 2.75) is 52.0 Å². The molecule has 0 saturated carbocycles. The van der Waals surface area contributed by atoms with E-state index in [1.807, 2.05) is 32.0 Å². The second kappa shape index (κ2) is 9.62. The molecule has 0 radical (unpaired) electrons. The number of anilines is 1. The van der Waals surface area contributed by atoms with E-state index in [0.717, 1.165) is 36.1 Å². The van der Waals surface area contributed by atoms with Gasteiger partial charge in [-0.1, -0.05) is 36.7 Å². The molecule has 4 nitrogen and oxygen atoms in total. The molecule has 150 valence electrons. The monoisotopic (exact) mass is 407 g/mol. The van der Waals surface area contributed by atoms with Gasteiger partial charge in [0.05, 0.1) is 6.04 Å². The van der Waals surface area contributed by atoms with Gasteiger partial charge < -0.3 is 10.6 Å². The van der Waals surface area contributed by atoms with Gasteiger partial charge in [-0.2, -0.15) is 5.26 Å². The maximum Gasteiger partial charge on any atom is 0.263 e. The van der Waals surface area contributed by atoms with Crippen LogP contribution in [0.1, 0.15) is 54.5 Å². The Bertz CT molecular complexity index is 975. The second-order valence-corrected chi connectivity index (χ2v) is 7.88. The van der Waals surface area contributed by atoms with E-state index in [2.05, 4.69) is 28.8 Å². The Labute approximate surface area is 177 Å². The van der Waals surface area contributed by atoms with Gasteiger partial charge >= 0.3 is 0 Å². The number of benzene rings is 2. The maximum absolute atomic E-state index is 12.7. The molecule has 0 bridgehead atoms. The number of carbonyl (C=O) groups excluding carboxylic acids is 1. The summed E-state index contributed by atoms with van der Waals surface area (Å²) in [6, 6.07) is 13.8. The molecule has 2 N–H and O–H groups in total. The predicted octanol–water partition coefficient (Wildman–Crippen LogP) is 5.61. The van der Waals surface area contributed by atoms with Gasteiger partial charge in [0.2, 0.25) is 0 Å². The zero-order valence-corrected chi connectivity index (χ0v) is 17.6. The predicted molar refractivity (Wildman–Crippen MR) is 118 cm³/mol. The molecule has 1 aliphatic rings. The summed E-state index contributed by atoms with van der Waals surface area (Å²) in [5.41, 5.74) is 5.68. The number of fused-ring (bicyclic) bond motifs is 1. The molecule has 0 aromatic heterocycles. The summed E-state index contributed by atoms with van der Waals surface area (Å²) in [7, 11) is 0. The molecule has 0 spiro atoms. The van der Waals surface area contributed by atoms with Crippen LogP contribution in [0.25, 0.3) is 0 Å². The molecule has 0 heterocycles. The topological polar surface area (TPSA) is 64.9 Å². The highest BCUT2D eigenvalue weighted by atomic mass is 35.5. The van der Waals surface area contributed by atoms with Crippen molar-refractivity contribution < 1.29 is 4.79 Å². The highest BCUT2D eigenvalue weighted by Gasteiger charge is 2.18. The van der Waals surface area contributed by atoms with Crippen molar-refractivity contribution in [2.75, 3.05) is 5.32 Å². The molecule has 1 aliphatic carbocycles. The number of amides is 1. The molecule has 1 atom stereocenters. The van der Waals surface area contributed by atoms with Crippen molar-refractivity contribution in [1.29, 1.82) is 5.26 Å². The van der Waals surface area contributed by atoms with Crippen LogP contribution >= 0.6 is 11.6 Å². The smallest absolute Gasteiger partial charge is 0.263 e. The Balaban J connectivity index is 1.72. The third-order valence-electron chi connectivity index (χ3n) is 5.41. The molecule has 0 saturated heterocycles. The van der Waals surface area contributed by atoms with Crippen LogP contribution in [0.2, 0.25) is 5.02 Å². The fraction of sp³-hybridized carbons (Fsp3) is 0.333. The van der Waals surface area contributed by atoms with E-state index in [-0.39, 0.29) is 17.5 Å². The number of nitriles is 1. The van der Waals surface area contributed by atoms with Crippen LogP contribution in [-0.4, -0.2) is 5.91 Å². The maximum atomic E-state index is 12.7. The highest BCUT2D eigenvalue weighted by Crippen LogP contribution is 2.26. The van der Waals surface area contributed by atoms with Crippen LogP contribution in [0.15, 0.2) is 48.2 Å². The van der Waals surface area contributed by atoms with Crippen LogP contribution in [0.5, 0.6) is 0 Å². The fourth-order valence-electron chi connectivity index (χ4n) is 3.71. The summed E-state index contributed by atoms with van der Waals surface area (Å²) in [5, 5.41) is 16.2. The Morgan fingerprint density at radius 1 is 1.21 bits per heavy atom. The normalized spacial score (nSPS) is 14.5. The Hall–Kier alpha value is -2.77. The van der Waals surface area contributed by atoms with Crippen molar-refractivity contribution in [1.82, 2.24) is 5.32 Å². The number of nitrogens with one attached hydrogen (secondary N) is 2. The zero-order chi connectivity index (χ0) is 20.8. The SMILES string of the molecule is CCC(NC(=O)/C(C#N)=C\Nc1ccc(Cl)cc1C)c1ccc2c(c1)CCCC2. The summed E-state index contributed by atoms with van der Waals surface area (Å²) < 4.78 is 0. The number of hydrogen-bond acceptors (Lipinski definition) is 3. The lowest BCUT2D eigenvalue weighted by Crippen LogP contribution is -2.29. The van der Waals surface area contributed by atoms with Crippen molar-refractivity contribution in [3.8, 4) is 6.07 Å². The first kappa shape index (κ1) is 21.0. The summed E-state index contributed by atoms with van der Waals surface area (Å²) in [6.07, 6.45) is 6.91. The summed E-state index contributed by atoms with van der Waals surface area (Å²) in [4.78, 5) is 12.7. The molecule has 0 aliphatic heterocycles. The largest absolute Gasteiger partial charge is 0.360 e. The van der Waals surface area contributed by atoms with Crippen LogP contribution < -0.4 is 10.6 Å². The summed E-state index contributed by atoms with van der Waals surface area (Å²) in [6.45, 7) is 3.95. The van der Waals surface area contributed by atoms with Gasteiger partial charge in [0.15, 0.2) is 0 Å². The van der Waals surface area contributed by atoms with Crippen molar-refractivity contribution in [3.05, 3.63) is 75.4 Å². The van der Waals surface area contributed by atoms with Gasteiger partial charge in [0, 0.05) is 16.9 Å². The van der Waals surface area contributed by atoms with Crippen LogP contribution in [0, 0.1) is 18.3 Å². The van der Waals surface area contributed by atoms with Crippen LogP contribution in [0.3, 0.4) is 0 Å². The van der Waals surface area contributed by atoms with Gasteiger partial charge in [0.1, 0.15) is 11.6 Å². The minimum absolute atomic E-state index is 0.0377. The van der Waals surface area contributed by atoms with Gasteiger partial charge in [-0.3, -0.25) is 4.79 Å². The van der Waals surface area contributed by atoms with Crippen molar-refractivity contribution in [3.63, 3.8) is 0 Å². The van der Waals surface area contributed by atoms with Crippen molar-refractivity contribution >= 4 is 23.2 Å². The molecule has 2 aromatic carbocycles. The molecule has 29 heavy (non-hydrogen) atoms. The Kier molecular flexibility index (Phi) is 6.95. The lowest BCUT2D eigenvalue weighted by atomic mass is 9.88. The second-order valence-electron chi connectivity index (χ2n) is 7.44. The number of carbonyl (C=O) groups is 1. The summed E-state index contributed by atoms with van der Waals surface area (Å²) >= 11 is 5.97. The lowest BCUT2D eigenvalue weighted by molar-refractivity contribution is -0.117. The van der Waals surface area contributed by atoms with E-state index in [0.29, 0.717) is 5.02 Å². The van der Waals surface area contributed by atoms with E-state index in [1.165, 1.54) is 30.2 Å². The van der Waals surface area contributed by atoms with E-state index in [4.69, 9.17) is 11.6 Å². The number of rotatable bonds is 6. The molecule has 5 heteroatoms. The molecule has 1 unspecified atom stereocenters. The molecule has 3 rings (SSSR count). The number of aryl methyl sites for hydroxylation is 3. The first-order chi connectivity index (χ1) is 14.0. The van der Waals surface area contributed by atoms with Gasteiger partial charge in [0.25, 0.3) is 5.91 Å². The minimum atomic E-state index is -0.379. The number of nitrogens with zero attached hydrogens (tertiary/aromatic N) is 1. The van der Waals surface area contributed by atoms with E-state index in [9.17, 15) is 10.1 Å². The lowest BCUT2D eigenvalue weighted by Gasteiger charge is -2.21. The average molecular weight is 408 g/mol. The van der Waals surface area contributed by atoms with Gasteiger partial charge in [-0.25, -0.2) is 0 Å². The first-order valence-corrected chi connectivity index (χ1v) is 10.4. The molecular formula is C24H26ClN3O. The van der Waals surface area contributed by atoms with Crippen molar-refractivity contribution in [2.24, 2.45) is 0 Å². The van der Waals surface area contributed by atoms with Crippen LogP contribution in [0.4, 0.5) is 5.69 Å². The van der Waals surface area contributed by atoms with E-state index < -0.39 is 0 Å². The third kappa shape index (κ3) is 5.19. The minimum Gasteiger partial charge on any atom is -0.360 e. The number of halogens is 1. The molecule has 1 amide bonds. The Morgan fingerprint density at radius 3 is 2.66 bits per heavy atom. The van der Waals surface area contributed by atoms with Gasteiger partial charge in [-0.15, -0.1) is 0 Å². The highest BCUT2D eigenvalue weighted by molar-refractivity contribution is 6.30. The Morgan fingerprint density at radius 2 is 1.97 bits per heavy atom. The zero-order valence-electron chi connectivity index (χ0n) is 16.9. The summed E-state index contributed by atoms with van der Waals surface area (Å²) in [5.74, 6) is -0.379. The average Bonchev–Trinajstić information content (AvgIpc) is 2.73. The first-order valence-electron chi connectivity index (χ1n) is 10.1. The van der Waals surface area contributed by atoms with Crippen LogP contribution in [-0.2, 0) is 17.6 Å². The third-order valence-corrected chi connectivity index (χ3v) is 5.65. The molecule has 2 aromatic rings. The fourth-order valence-corrected chi connectivity index (χ4v) is 3.94. The van der Waals surface area contributed by atoms with E-state index in [1.54, 1.807) is 6.07 Å². The molecule has 0 fully saturated rings. The molecular weight excluding hydrogens is 382 g/mol.